The zero-order valence-corrected chi connectivity index (χ0v) is 8.64. The molecule has 0 fully saturated rings. The molecule has 0 aromatic carbocycles. The molecule has 0 aliphatic carbocycles. The molecule has 2 rings (SSSR count). The van der Waals surface area contributed by atoms with Crippen LogP contribution in [-0.4, -0.2) is 25.4 Å². The van der Waals surface area contributed by atoms with Crippen LogP contribution in [0, 0.1) is 0 Å². The van der Waals surface area contributed by atoms with Crippen LogP contribution in [0.1, 0.15) is 10.4 Å². The fourth-order valence-electron chi connectivity index (χ4n) is 1.33. The normalized spacial score (nSPS) is 10.5. The molecular weight excluding hydrogens is 218 g/mol. The predicted molar refractivity (Wildman–Crippen MR) is 54.5 cm³/mol. The monoisotopic (exact) mass is 225 g/mol. The lowest BCUT2D eigenvalue weighted by Crippen LogP contribution is -2.02. The smallest absolute Gasteiger partial charge is 0.337 e. The third kappa shape index (κ3) is 1.61. The third-order valence-electron chi connectivity index (χ3n) is 2.06. The number of rotatable bonds is 2. The number of aromatic carboxylic acids is 1. The highest BCUT2D eigenvalue weighted by molar-refractivity contribution is 6.30. The standard InChI is InChI=1S/C9H8ClN3O2/c1-12-8(2-3-11-12)13-5-6(9(14)15)4-7(13)10/h2-5H,1H3,(H,14,15). The molecule has 0 bridgehead atoms. The van der Waals surface area contributed by atoms with Crippen molar-refractivity contribution in [1.29, 1.82) is 0 Å². The summed E-state index contributed by atoms with van der Waals surface area (Å²) < 4.78 is 3.18. The number of carboxylic acid groups (broad SMARTS) is 1. The summed E-state index contributed by atoms with van der Waals surface area (Å²) >= 11 is 5.91. The van der Waals surface area contributed by atoms with E-state index in [0.29, 0.717) is 11.0 Å². The summed E-state index contributed by atoms with van der Waals surface area (Å²) in [5.41, 5.74) is 0.154. The average molecular weight is 226 g/mol. The van der Waals surface area contributed by atoms with Gasteiger partial charge in [-0.05, 0) is 6.07 Å². The molecule has 0 amide bonds. The van der Waals surface area contributed by atoms with Crippen LogP contribution in [-0.2, 0) is 7.05 Å². The minimum absolute atomic E-state index is 0.154. The second-order valence-electron chi connectivity index (χ2n) is 3.04. The molecule has 0 aliphatic rings. The minimum atomic E-state index is -1.00. The molecule has 2 aromatic heterocycles. The molecular formula is C9H8ClN3O2. The Morgan fingerprint density at radius 3 is 2.80 bits per heavy atom. The molecule has 1 N–H and O–H groups in total. The summed E-state index contributed by atoms with van der Waals surface area (Å²) in [6, 6.07) is 3.15. The molecule has 2 heterocycles. The van der Waals surface area contributed by atoms with Gasteiger partial charge in [-0.15, -0.1) is 0 Å². The Kier molecular flexibility index (Phi) is 2.24. The Morgan fingerprint density at radius 2 is 2.33 bits per heavy atom. The van der Waals surface area contributed by atoms with Crippen LogP contribution >= 0.6 is 11.6 Å². The van der Waals surface area contributed by atoms with E-state index >= 15 is 0 Å². The largest absolute Gasteiger partial charge is 0.478 e. The van der Waals surface area contributed by atoms with Crippen LogP contribution in [0.5, 0.6) is 0 Å². The van der Waals surface area contributed by atoms with E-state index in [9.17, 15) is 4.79 Å². The lowest BCUT2D eigenvalue weighted by molar-refractivity contribution is 0.0697. The van der Waals surface area contributed by atoms with Gasteiger partial charge in [-0.25, -0.2) is 4.79 Å². The lowest BCUT2D eigenvalue weighted by Gasteiger charge is -2.03. The maximum Gasteiger partial charge on any atom is 0.337 e. The van der Waals surface area contributed by atoms with E-state index in [0.717, 1.165) is 0 Å². The van der Waals surface area contributed by atoms with Crippen molar-refractivity contribution in [2.24, 2.45) is 7.05 Å². The van der Waals surface area contributed by atoms with Crippen LogP contribution in [0.4, 0.5) is 0 Å². The van der Waals surface area contributed by atoms with Crippen molar-refractivity contribution < 1.29 is 9.90 Å². The van der Waals surface area contributed by atoms with Crippen LogP contribution in [0.2, 0.25) is 5.15 Å². The number of carbonyl (C=O) groups is 1. The first-order chi connectivity index (χ1) is 7.09. The first kappa shape index (κ1) is 9.79. The highest BCUT2D eigenvalue weighted by Crippen LogP contribution is 2.19. The van der Waals surface area contributed by atoms with Crippen molar-refractivity contribution >= 4 is 17.6 Å². The zero-order valence-electron chi connectivity index (χ0n) is 7.88. The number of hydrogen-bond acceptors (Lipinski definition) is 2. The van der Waals surface area contributed by atoms with E-state index in [1.165, 1.54) is 12.3 Å². The molecule has 0 spiro atoms. The van der Waals surface area contributed by atoms with Gasteiger partial charge in [-0.1, -0.05) is 11.6 Å². The van der Waals surface area contributed by atoms with Crippen molar-refractivity contribution in [2.45, 2.75) is 0 Å². The molecule has 0 aliphatic heterocycles. The predicted octanol–water partition coefficient (Wildman–Crippen LogP) is 1.56. The molecule has 0 saturated carbocycles. The molecule has 78 valence electrons. The zero-order chi connectivity index (χ0) is 11.0. The Labute approximate surface area is 90.5 Å². The first-order valence-corrected chi connectivity index (χ1v) is 4.57. The van der Waals surface area contributed by atoms with Gasteiger partial charge in [0.25, 0.3) is 0 Å². The van der Waals surface area contributed by atoms with Crippen LogP contribution in [0.3, 0.4) is 0 Å². The molecule has 5 nitrogen and oxygen atoms in total. The SMILES string of the molecule is Cn1nccc1-n1cc(C(=O)O)cc1Cl. The van der Waals surface area contributed by atoms with Crippen molar-refractivity contribution in [3.05, 3.63) is 35.2 Å². The van der Waals surface area contributed by atoms with E-state index in [1.54, 1.807) is 28.6 Å². The number of aryl methyl sites for hydroxylation is 1. The molecule has 15 heavy (non-hydrogen) atoms. The molecule has 2 aromatic rings. The van der Waals surface area contributed by atoms with Crippen molar-refractivity contribution in [3.63, 3.8) is 0 Å². The third-order valence-corrected chi connectivity index (χ3v) is 2.35. The van der Waals surface area contributed by atoms with Crippen molar-refractivity contribution in [2.75, 3.05) is 0 Å². The van der Waals surface area contributed by atoms with Gasteiger partial charge >= 0.3 is 5.97 Å². The Bertz CT molecular complexity index is 515. The first-order valence-electron chi connectivity index (χ1n) is 4.19. The number of halogens is 1. The second-order valence-corrected chi connectivity index (χ2v) is 3.43. The molecule has 0 radical (unpaired) electrons. The fraction of sp³-hybridized carbons (Fsp3) is 0.111. The van der Waals surface area contributed by atoms with Crippen LogP contribution < -0.4 is 0 Å². The second kappa shape index (κ2) is 3.43. The minimum Gasteiger partial charge on any atom is -0.478 e. The summed E-state index contributed by atoms with van der Waals surface area (Å²) in [5.74, 6) is -0.287. The van der Waals surface area contributed by atoms with E-state index in [4.69, 9.17) is 16.7 Å². The summed E-state index contributed by atoms with van der Waals surface area (Å²) in [4.78, 5) is 10.7. The average Bonchev–Trinajstić information content (AvgIpc) is 2.71. The summed E-state index contributed by atoms with van der Waals surface area (Å²) in [6.45, 7) is 0. The number of hydrogen-bond donors (Lipinski definition) is 1. The van der Waals surface area contributed by atoms with Crippen LogP contribution in [0.25, 0.3) is 5.82 Å². The maximum absolute atomic E-state index is 10.7. The Morgan fingerprint density at radius 1 is 1.60 bits per heavy atom. The van der Waals surface area contributed by atoms with E-state index in [-0.39, 0.29) is 5.56 Å². The van der Waals surface area contributed by atoms with E-state index < -0.39 is 5.97 Å². The quantitative estimate of drug-likeness (QED) is 0.844. The van der Waals surface area contributed by atoms with Crippen LogP contribution in [0.15, 0.2) is 24.5 Å². The van der Waals surface area contributed by atoms with Gasteiger partial charge < -0.3 is 5.11 Å². The van der Waals surface area contributed by atoms with Crippen molar-refractivity contribution in [3.8, 4) is 5.82 Å². The topological polar surface area (TPSA) is 60.0 Å². The number of carboxylic acids is 1. The molecule has 0 saturated heterocycles. The van der Waals surface area contributed by atoms with Gasteiger partial charge in [-0.3, -0.25) is 9.25 Å². The molecule has 0 atom stereocenters. The fourth-order valence-corrected chi connectivity index (χ4v) is 1.58. The Balaban J connectivity index is 2.54. The van der Waals surface area contributed by atoms with E-state index in [1.807, 2.05) is 0 Å². The number of aromatic nitrogens is 3. The lowest BCUT2D eigenvalue weighted by atomic mass is 10.4. The van der Waals surface area contributed by atoms with Gasteiger partial charge in [0, 0.05) is 19.3 Å². The van der Waals surface area contributed by atoms with Gasteiger partial charge in [-0.2, -0.15) is 5.10 Å². The highest BCUT2D eigenvalue weighted by atomic mass is 35.5. The summed E-state index contributed by atoms with van der Waals surface area (Å²) in [7, 11) is 1.76. The summed E-state index contributed by atoms with van der Waals surface area (Å²) in [5, 5.41) is 13.1. The maximum atomic E-state index is 10.7. The number of nitrogens with zero attached hydrogens (tertiary/aromatic N) is 3. The van der Waals surface area contributed by atoms with E-state index in [2.05, 4.69) is 5.10 Å². The Hall–Kier alpha value is -1.75. The molecule has 0 unspecified atom stereocenters. The van der Waals surface area contributed by atoms with Gasteiger partial charge in [0.2, 0.25) is 0 Å². The van der Waals surface area contributed by atoms with Gasteiger partial charge in [0.1, 0.15) is 11.0 Å². The van der Waals surface area contributed by atoms with Gasteiger partial charge in [0.05, 0.1) is 11.8 Å². The summed E-state index contributed by atoms with van der Waals surface area (Å²) in [6.07, 6.45) is 3.08. The van der Waals surface area contributed by atoms with Crippen molar-refractivity contribution in [1.82, 2.24) is 14.3 Å². The van der Waals surface area contributed by atoms with Gasteiger partial charge in [0.15, 0.2) is 0 Å². The highest BCUT2D eigenvalue weighted by Gasteiger charge is 2.12. The molecule has 6 heteroatoms.